The lowest BCUT2D eigenvalue weighted by molar-refractivity contribution is -0.147. The summed E-state index contributed by atoms with van der Waals surface area (Å²) in [7, 11) is 0. The first-order valence-electron chi connectivity index (χ1n) is 17.8. The van der Waals surface area contributed by atoms with Crippen LogP contribution in [0.1, 0.15) is 56.9 Å². The average molecular weight is 754 g/mol. The van der Waals surface area contributed by atoms with Crippen molar-refractivity contribution >= 4 is 60.7 Å². The monoisotopic (exact) mass is 753 g/mol. The quantitative estimate of drug-likeness (QED) is 0.203. The third-order valence-electron chi connectivity index (χ3n) is 12.0. The van der Waals surface area contributed by atoms with E-state index in [4.69, 9.17) is 27.1 Å². The van der Waals surface area contributed by atoms with Crippen molar-refractivity contribution in [2.45, 2.75) is 62.8 Å². The second-order valence-electron chi connectivity index (χ2n) is 15.3. The van der Waals surface area contributed by atoms with Crippen molar-refractivity contribution in [3.63, 3.8) is 0 Å². The summed E-state index contributed by atoms with van der Waals surface area (Å²) in [5.41, 5.74) is 5.82. The number of fused-ring (bicyclic) bond motifs is 3. The van der Waals surface area contributed by atoms with E-state index in [-0.39, 0.29) is 59.3 Å². The molecule has 52 heavy (non-hydrogen) atoms. The van der Waals surface area contributed by atoms with Gasteiger partial charge in [-0.15, -0.1) is 11.3 Å². The van der Waals surface area contributed by atoms with Crippen molar-refractivity contribution in [2.75, 3.05) is 56.5 Å². The predicted octanol–water partition coefficient (Wildman–Crippen LogP) is 7.38. The van der Waals surface area contributed by atoms with E-state index in [9.17, 15) is 23.2 Å². The Bertz CT molecular complexity index is 2190. The Morgan fingerprint density at radius 2 is 1.83 bits per heavy atom. The maximum absolute atomic E-state index is 17.2. The lowest BCUT2D eigenvalue weighted by Crippen LogP contribution is -2.62. The Morgan fingerprint density at radius 1 is 1.08 bits per heavy atom. The third kappa shape index (κ3) is 5.28. The van der Waals surface area contributed by atoms with E-state index in [1.165, 1.54) is 17.0 Å². The topological polar surface area (TPSA) is 112 Å². The molecule has 1 atom stereocenters. The van der Waals surface area contributed by atoms with Crippen molar-refractivity contribution in [2.24, 2.45) is 11.3 Å². The van der Waals surface area contributed by atoms with Gasteiger partial charge in [-0.3, -0.25) is 9.69 Å². The van der Waals surface area contributed by atoms with Crippen LogP contribution in [0.25, 0.3) is 32.1 Å². The zero-order valence-corrected chi connectivity index (χ0v) is 29.9. The second-order valence-corrected chi connectivity index (χ2v) is 16.8. The van der Waals surface area contributed by atoms with Gasteiger partial charge in [-0.1, -0.05) is 24.1 Å². The van der Waals surface area contributed by atoms with E-state index in [0.29, 0.717) is 44.0 Å². The molecule has 5 aliphatic rings. The summed E-state index contributed by atoms with van der Waals surface area (Å²) in [6, 6.07) is 6.26. The summed E-state index contributed by atoms with van der Waals surface area (Å²) in [6.07, 6.45) is 6.20. The molecule has 1 saturated carbocycles. The number of alkyl halides is 2. The van der Waals surface area contributed by atoms with Crippen LogP contribution >= 0.6 is 22.9 Å². The van der Waals surface area contributed by atoms with Gasteiger partial charge in [0.1, 0.15) is 40.7 Å². The molecule has 0 radical (unpaired) electrons. The molecule has 1 amide bonds. The first kappa shape index (κ1) is 33.9. The van der Waals surface area contributed by atoms with E-state index >= 15 is 4.39 Å². The maximum atomic E-state index is 17.2. The number of ether oxygens (including phenoxy) is 1. The Hall–Kier alpha value is -3.93. The lowest BCUT2D eigenvalue weighted by Gasteiger charge is -2.51. The second kappa shape index (κ2) is 12.0. The number of aromatic nitrogens is 2. The van der Waals surface area contributed by atoms with Crippen LogP contribution in [0, 0.1) is 34.3 Å². The van der Waals surface area contributed by atoms with Crippen molar-refractivity contribution in [1.29, 1.82) is 5.26 Å². The van der Waals surface area contributed by atoms with Crippen LogP contribution in [0.5, 0.6) is 6.01 Å². The van der Waals surface area contributed by atoms with Gasteiger partial charge in [-0.25, -0.2) is 17.6 Å². The molecule has 9 nitrogen and oxygen atoms in total. The van der Waals surface area contributed by atoms with Crippen LogP contribution in [0.15, 0.2) is 18.2 Å². The summed E-state index contributed by atoms with van der Waals surface area (Å²) in [4.78, 5) is 28.4. The van der Waals surface area contributed by atoms with Crippen LogP contribution in [0.2, 0.25) is 5.02 Å². The number of amides is 1. The average Bonchev–Trinajstić information content (AvgIpc) is 3.31. The van der Waals surface area contributed by atoms with E-state index in [2.05, 4.69) is 14.8 Å². The number of thiophene rings is 1. The molecule has 2 N–H and O–H groups in total. The minimum atomic E-state index is -2.92. The molecule has 2 aromatic heterocycles. The molecule has 6 heterocycles. The van der Waals surface area contributed by atoms with Gasteiger partial charge in [0.25, 0.3) is 5.92 Å². The molecule has 4 aliphatic heterocycles. The minimum Gasteiger partial charge on any atom is -0.461 e. The fourth-order valence-electron chi connectivity index (χ4n) is 9.31. The SMILES string of the molecule is N#Cc1c(N)sc2c(F)ccc(-c3c(Cl)cc4c(N5CCCCC6(CN(C(=O)C7CC7(F)F)C6)C5)nc(OCC56CCCN5CCC6)nc4c3F)c12. The smallest absolute Gasteiger partial charge is 0.319 e. The molecule has 1 spiro atoms. The highest BCUT2D eigenvalue weighted by atomic mass is 35.5. The van der Waals surface area contributed by atoms with Gasteiger partial charge < -0.3 is 20.3 Å². The van der Waals surface area contributed by atoms with E-state index < -0.39 is 35.8 Å². The third-order valence-corrected chi connectivity index (χ3v) is 13.3. The summed E-state index contributed by atoms with van der Waals surface area (Å²) >= 11 is 7.84. The summed E-state index contributed by atoms with van der Waals surface area (Å²) < 4.78 is 66.2. The molecule has 2 aromatic carbocycles. The van der Waals surface area contributed by atoms with E-state index in [1.54, 1.807) is 6.07 Å². The number of nitriles is 1. The van der Waals surface area contributed by atoms with Crippen molar-refractivity contribution in [3.05, 3.63) is 40.4 Å². The molecule has 1 unspecified atom stereocenters. The van der Waals surface area contributed by atoms with Crippen molar-refractivity contribution < 1.29 is 27.1 Å². The standard InChI is InChI=1S/C37H36ClF4N7O2S/c38-24-13-21-29(28(40)27(24)20-5-6-25(39)30-26(20)22(15-43)31(44)52-30)45-34(51-19-36-8-3-11-49(36)12-4-9-36)46-32(21)47-10-2-1-7-35(16-47)17-48(18-35)33(50)23-14-37(23,41)42/h5-6,13,23H,1-4,7-12,14,16-19,44H2. The molecule has 0 bridgehead atoms. The van der Waals surface area contributed by atoms with Gasteiger partial charge >= 0.3 is 6.01 Å². The first-order valence-corrected chi connectivity index (χ1v) is 19.0. The van der Waals surface area contributed by atoms with Gasteiger partial charge in [-0.2, -0.15) is 15.2 Å². The van der Waals surface area contributed by atoms with Crippen LogP contribution in [0.3, 0.4) is 0 Å². The number of benzene rings is 2. The lowest BCUT2D eigenvalue weighted by atomic mass is 9.75. The van der Waals surface area contributed by atoms with Crippen LogP contribution in [0.4, 0.5) is 28.4 Å². The number of hydrogen-bond acceptors (Lipinski definition) is 9. The molecule has 4 saturated heterocycles. The van der Waals surface area contributed by atoms with Crippen molar-refractivity contribution in [3.8, 4) is 23.2 Å². The number of halogens is 5. The number of hydrogen-bond donors (Lipinski definition) is 1. The normalized spacial score (nSPS) is 23.1. The Labute approximate surface area is 306 Å². The van der Waals surface area contributed by atoms with Crippen LogP contribution in [-0.2, 0) is 4.79 Å². The van der Waals surface area contributed by atoms with Gasteiger partial charge in [0.15, 0.2) is 5.82 Å². The fraction of sp³-hybridized carbons (Fsp3) is 0.514. The Morgan fingerprint density at radius 3 is 2.54 bits per heavy atom. The zero-order valence-electron chi connectivity index (χ0n) is 28.3. The number of nitrogens with two attached hydrogens (primary N) is 1. The van der Waals surface area contributed by atoms with Gasteiger partial charge in [0.05, 0.1) is 20.8 Å². The number of nitrogens with zero attached hydrogens (tertiary/aromatic N) is 6. The first-order chi connectivity index (χ1) is 24.9. The van der Waals surface area contributed by atoms with E-state index in [0.717, 1.165) is 69.4 Å². The highest BCUT2D eigenvalue weighted by Gasteiger charge is 2.64. The largest absolute Gasteiger partial charge is 0.461 e. The van der Waals surface area contributed by atoms with E-state index in [1.807, 2.05) is 6.07 Å². The number of carbonyl (C=O) groups is 1. The summed E-state index contributed by atoms with van der Waals surface area (Å²) in [6.45, 7) is 4.14. The Kier molecular flexibility index (Phi) is 7.85. The number of nitrogen functional groups attached to an aromatic ring is 1. The molecule has 272 valence electrons. The minimum absolute atomic E-state index is 0.0178. The Balaban J connectivity index is 1.14. The number of likely N-dealkylation sites (tertiary alicyclic amines) is 1. The molecular weight excluding hydrogens is 718 g/mol. The summed E-state index contributed by atoms with van der Waals surface area (Å²) in [5, 5.41) is 10.6. The molecule has 9 rings (SSSR count). The van der Waals surface area contributed by atoms with Gasteiger partial charge in [0, 0.05) is 54.4 Å². The predicted molar refractivity (Wildman–Crippen MR) is 191 cm³/mol. The summed E-state index contributed by atoms with van der Waals surface area (Å²) in [5.74, 6) is -5.57. The number of rotatable bonds is 6. The molecule has 5 fully saturated rings. The van der Waals surface area contributed by atoms with Crippen LogP contribution < -0.4 is 15.4 Å². The molecule has 4 aromatic rings. The van der Waals surface area contributed by atoms with Gasteiger partial charge in [0.2, 0.25) is 5.91 Å². The van der Waals surface area contributed by atoms with Crippen LogP contribution in [-0.4, -0.2) is 83.0 Å². The van der Waals surface area contributed by atoms with Crippen molar-refractivity contribution in [1.82, 2.24) is 19.8 Å². The molecule has 1 aliphatic carbocycles. The number of carbonyl (C=O) groups excluding carboxylic acids is 1. The molecular formula is C37H36ClF4N7O2S. The maximum Gasteiger partial charge on any atom is 0.319 e. The van der Waals surface area contributed by atoms with Gasteiger partial charge in [-0.05, 0) is 69.3 Å². The zero-order chi connectivity index (χ0) is 36.2. The number of anilines is 2. The highest BCUT2D eigenvalue weighted by molar-refractivity contribution is 7.23. The molecule has 15 heteroatoms. The highest BCUT2D eigenvalue weighted by Crippen LogP contribution is 2.52. The fourth-order valence-corrected chi connectivity index (χ4v) is 10.5.